The zero-order valence-electron chi connectivity index (χ0n) is 11.0. The number of nitrogen functional groups attached to an aromatic ring is 1. The van der Waals surface area contributed by atoms with E-state index < -0.39 is 0 Å². The van der Waals surface area contributed by atoms with E-state index in [4.69, 9.17) is 5.73 Å². The first-order chi connectivity index (χ1) is 8.47. The number of rotatable bonds is 3. The third-order valence-electron chi connectivity index (χ3n) is 3.43. The van der Waals surface area contributed by atoms with Crippen LogP contribution in [0.15, 0.2) is 30.5 Å². The Morgan fingerprint density at radius 3 is 2.72 bits per heavy atom. The van der Waals surface area contributed by atoms with E-state index in [-0.39, 0.29) is 12.1 Å². The van der Waals surface area contributed by atoms with E-state index in [2.05, 4.69) is 9.88 Å². The first-order valence-electron chi connectivity index (χ1n) is 5.95. The highest BCUT2D eigenvalue weighted by atomic mass is 16.3. The molecule has 0 radical (unpaired) electrons. The van der Waals surface area contributed by atoms with Crippen LogP contribution >= 0.6 is 0 Å². The molecule has 1 aromatic carbocycles. The van der Waals surface area contributed by atoms with Crippen molar-refractivity contribution in [2.24, 2.45) is 0 Å². The van der Waals surface area contributed by atoms with Crippen LogP contribution in [0, 0.1) is 0 Å². The third-order valence-corrected chi connectivity index (χ3v) is 3.43. The molecule has 3 N–H and O–H groups in total. The Labute approximate surface area is 107 Å². The summed E-state index contributed by atoms with van der Waals surface area (Å²) in [6.45, 7) is 4.06. The zero-order valence-corrected chi connectivity index (χ0v) is 11.0. The number of anilines is 2. The predicted octanol–water partition coefficient (Wildman–Crippen LogP) is 2.02. The maximum atomic E-state index is 9.47. The van der Waals surface area contributed by atoms with Crippen molar-refractivity contribution >= 4 is 22.3 Å². The Kier molecular flexibility index (Phi) is 3.13. The molecule has 2 rings (SSSR count). The number of pyridine rings is 1. The number of fused-ring (bicyclic) bond motifs is 1. The van der Waals surface area contributed by atoms with E-state index in [1.165, 1.54) is 0 Å². The highest BCUT2D eigenvalue weighted by Crippen LogP contribution is 2.32. The Balaban J connectivity index is 2.62. The van der Waals surface area contributed by atoms with Gasteiger partial charge in [-0.15, -0.1) is 0 Å². The molecule has 0 saturated heterocycles. The average Bonchev–Trinajstić information content (AvgIpc) is 2.39. The van der Waals surface area contributed by atoms with E-state index in [1.54, 1.807) is 6.20 Å². The van der Waals surface area contributed by atoms with Crippen molar-refractivity contribution in [1.82, 2.24) is 4.98 Å². The maximum Gasteiger partial charge on any atom is 0.0951 e. The Morgan fingerprint density at radius 2 is 2.06 bits per heavy atom. The van der Waals surface area contributed by atoms with E-state index in [1.807, 2.05) is 45.2 Å². The number of benzene rings is 1. The average molecular weight is 245 g/mol. The fraction of sp³-hybridized carbons (Fsp3) is 0.357. The summed E-state index contributed by atoms with van der Waals surface area (Å²) in [5, 5.41) is 10.5. The second kappa shape index (κ2) is 4.46. The first-order valence-corrected chi connectivity index (χ1v) is 5.95. The topological polar surface area (TPSA) is 62.4 Å². The van der Waals surface area contributed by atoms with Gasteiger partial charge in [0.2, 0.25) is 0 Å². The van der Waals surface area contributed by atoms with Crippen molar-refractivity contribution in [3.05, 3.63) is 30.5 Å². The van der Waals surface area contributed by atoms with Gasteiger partial charge in [-0.25, -0.2) is 0 Å². The molecular weight excluding hydrogens is 226 g/mol. The number of aromatic nitrogens is 1. The van der Waals surface area contributed by atoms with Gasteiger partial charge in [0.05, 0.1) is 23.3 Å². The summed E-state index contributed by atoms with van der Waals surface area (Å²) in [4.78, 5) is 6.37. The van der Waals surface area contributed by atoms with Gasteiger partial charge < -0.3 is 15.7 Å². The molecule has 0 saturated carbocycles. The molecule has 4 nitrogen and oxygen atoms in total. The molecule has 0 bridgehead atoms. The van der Waals surface area contributed by atoms with Crippen LogP contribution in [0.25, 0.3) is 10.9 Å². The van der Waals surface area contributed by atoms with Crippen molar-refractivity contribution in [3.8, 4) is 0 Å². The van der Waals surface area contributed by atoms with E-state index >= 15 is 0 Å². The minimum Gasteiger partial charge on any atom is -0.397 e. The number of aliphatic hydroxyl groups is 1. The number of aliphatic hydroxyl groups excluding tert-OH is 1. The third kappa shape index (κ3) is 1.99. The molecular formula is C14H19N3O. The Bertz CT molecular complexity index is 566. The highest BCUT2D eigenvalue weighted by Gasteiger charge is 2.24. The van der Waals surface area contributed by atoms with Crippen LogP contribution in [-0.4, -0.2) is 29.3 Å². The lowest BCUT2D eigenvalue weighted by Gasteiger charge is -2.36. The molecule has 0 fully saturated rings. The largest absolute Gasteiger partial charge is 0.397 e. The molecule has 0 spiro atoms. The van der Waals surface area contributed by atoms with Crippen molar-refractivity contribution in [1.29, 1.82) is 0 Å². The number of hydrogen-bond acceptors (Lipinski definition) is 4. The number of nitrogens with two attached hydrogens (primary N) is 1. The lowest BCUT2D eigenvalue weighted by Crippen LogP contribution is -2.44. The van der Waals surface area contributed by atoms with Crippen molar-refractivity contribution in [2.75, 3.05) is 24.3 Å². The molecule has 0 unspecified atom stereocenters. The van der Waals surface area contributed by atoms with E-state index in [0.29, 0.717) is 5.69 Å². The van der Waals surface area contributed by atoms with Crippen molar-refractivity contribution in [2.45, 2.75) is 19.4 Å². The van der Waals surface area contributed by atoms with Crippen LogP contribution in [0.4, 0.5) is 11.4 Å². The fourth-order valence-corrected chi connectivity index (χ4v) is 1.90. The van der Waals surface area contributed by atoms with Crippen LogP contribution in [0.1, 0.15) is 13.8 Å². The van der Waals surface area contributed by atoms with Crippen LogP contribution in [-0.2, 0) is 0 Å². The molecule has 2 aromatic rings. The van der Waals surface area contributed by atoms with Gasteiger partial charge in [-0.2, -0.15) is 0 Å². The van der Waals surface area contributed by atoms with Gasteiger partial charge in [0.15, 0.2) is 0 Å². The molecule has 0 amide bonds. The smallest absolute Gasteiger partial charge is 0.0951 e. The van der Waals surface area contributed by atoms with Gasteiger partial charge in [-0.3, -0.25) is 4.98 Å². The van der Waals surface area contributed by atoms with Crippen LogP contribution in [0.3, 0.4) is 0 Å². The maximum absolute atomic E-state index is 9.47. The highest BCUT2D eigenvalue weighted by molar-refractivity contribution is 5.98. The minimum absolute atomic E-state index is 0.0790. The van der Waals surface area contributed by atoms with Gasteiger partial charge in [0, 0.05) is 24.3 Å². The summed E-state index contributed by atoms with van der Waals surface area (Å²) in [5.74, 6) is 0. The molecule has 1 heterocycles. The molecule has 0 aliphatic rings. The summed E-state index contributed by atoms with van der Waals surface area (Å²) >= 11 is 0. The summed E-state index contributed by atoms with van der Waals surface area (Å²) < 4.78 is 0. The summed E-state index contributed by atoms with van der Waals surface area (Å²) in [6, 6.07) is 7.72. The molecule has 0 aliphatic carbocycles. The molecule has 0 atom stereocenters. The van der Waals surface area contributed by atoms with Crippen molar-refractivity contribution in [3.63, 3.8) is 0 Å². The normalized spacial score (nSPS) is 11.8. The van der Waals surface area contributed by atoms with Gasteiger partial charge in [-0.05, 0) is 38.1 Å². The summed E-state index contributed by atoms with van der Waals surface area (Å²) in [5.41, 5.74) is 8.09. The number of hydrogen-bond donors (Lipinski definition) is 2. The number of nitrogens with zero attached hydrogens (tertiary/aromatic N) is 2. The summed E-state index contributed by atoms with van der Waals surface area (Å²) in [6.07, 6.45) is 1.74. The number of likely N-dealkylation sites (N-methyl/N-ethyl adjacent to an activating group) is 1. The van der Waals surface area contributed by atoms with Crippen LogP contribution in [0.2, 0.25) is 0 Å². The van der Waals surface area contributed by atoms with Crippen molar-refractivity contribution < 1.29 is 5.11 Å². The monoisotopic (exact) mass is 245 g/mol. The molecule has 4 heteroatoms. The Morgan fingerprint density at radius 1 is 1.33 bits per heavy atom. The second-order valence-corrected chi connectivity index (χ2v) is 5.10. The van der Waals surface area contributed by atoms with E-state index in [9.17, 15) is 5.11 Å². The quantitative estimate of drug-likeness (QED) is 0.812. The lowest BCUT2D eigenvalue weighted by atomic mass is 10.0. The molecule has 18 heavy (non-hydrogen) atoms. The minimum atomic E-state index is -0.334. The van der Waals surface area contributed by atoms with Crippen LogP contribution < -0.4 is 10.6 Å². The Hall–Kier alpha value is -1.81. The van der Waals surface area contributed by atoms with Gasteiger partial charge in [-0.1, -0.05) is 0 Å². The van der Waals surface area contributed by atoms with Gasteiger partial charge in [0.1, 0.15) is 0 Å². The van der Waals surface area contributed by atoms with E-state index in [0.717, 1.165) is 16.6 Å². The lowest BCUT2D eigenvalue weighted by molar-refractivity contribution is 0.216. The van der Waals surface area contributed by atoms with Gasteiger partial charge in [0.25, 0.3) is 0 Å². The zero-order chi connectivity index (χ0) is 13.3. The molecule has 96 valence electrons. The van der Waals surface area contributed by atoms with Gasteiger partial charge >= 0.3 is 0 Å². The van der Waals surface area contributed by atoms with Crippen LogP contribution in [0.5, 0.6) is 0 Å². The fourth-order valence-electron chi connectivity index (χ4n) is 1.90. The molecule has 1 aromatic heterocycles. The second-order valence-electron chi connectivity index (χ2n) is 5.10. The first kappa shape index (κ1) is 12.6. The SMILES string of the molecule is CN(c1ccc(N)c2ncccc12)C(C)(C)CO. The predicted molar refractivity (Wildman–Crippen MR) is 75.7 cm³/mol. The summed E-state index contributed by atoms with van der Waals surface area (Å²) in [7, 11) is 1.97. The standard InChI is InChI=1S/C14H19N3O/c1-14(2,9-18)17(3)12-7-6-11(15)13-10(12)5-4-8-16-13/h4-8,18H,9,15H2,1-3H3. The molecule has 0 aliphatic heterocycles.